The maximum atomic E-state index is 14.2. The van der Waals surface area contributed by atoms with Gasteiger partial charge in [-0.1, -0.05) is 59.6 Å². The van der Waals surface area contributed by atoms with E-state index in [1.807, 2.05) is 43.3 Å². The Morgan fingerprint density at radius 2 is 1.89 bits per heavy atom. The van der Waals surface area contributed by atoms with Gasteiger partial charge in [0.2, 0.25) is 12.0 Å². The minimum absolute atomic E-state index is 0.0691. The van der Waals surface area contributed by atoms with E-state index >= 15 is 0 Å². The number of rotatable bonds is 4. The molecule has 1 unspecified atom stereocenters. The van der Waals surface area contributed by atoms with Crippen LogP contribution >= 0.6 is 11.6 Å². The van der Waals surface area contributed by atoms with Gasteiger partial charge in [0.1, 0.15) is 0 Å². The molecule has 0 bridgehead atoms. The van der Waals surface area contributed by atoms with Crippen LogP contribution in [0.4, 0.5) is 5.69 Å². The van der Waals surface area contributed by atoms with Crippen molar-refractivity contribution in [2.45, 2.75) is 26.4 Å². The van der Waals surface area contributed by atoms with Gasteiger partial charge in [-0.05, 0) is 44.0 Å². The van der Waals surface area contributed by atoms with Gasteiger partial charge in [0.25, 0.3) is 11.5 Å². The van der Waals surface area contributed by atoms with Crippen LogP contribution in [0.3, 0.4) is 0 Å². The van der Waals surface area contributed by atoms with Crippen LogP contribution in [0.25, 0.3) is 10.9 Å². The fourth-order valence-corrected chi connectivity index (χ4v) is 5.51. The molecule has 190 valence electrons. The summed E-state index contributed by atoms with van der Waals surface area (Å²) in [7, 11) is 0. The molecule has 2 aliphatic heterocycles. The highest BCUT2D eigenvalue weighted by molar-refractivity contribution is 6.35. The van der Waals surface area contributed by atoms with E-state index < -0.39 is 23.6 Å². The fraction of sp³-hybridized carbons (Fsp3) is 0.207. The van der Waals surface area contributed by atoms with Crippen molar-refractivity contribution in [1.82, 2.24) is 9.55 Å². The van der Waals surface area contributed by atoms with Gasteiger partial charge in [-0.15, -0.1) is 0 Å². The monoisotopic (exact) mass is 526 g/mol. The normalized spacial score (nSPS) is 16.3. The number of benzene rings is 3. The summed E-state index contributed by atoms with van der Waals surface area (Å²) in [5.41, 5.74) is 4.59. The van der Waals surface area contributed by atoms with Gasteiger partial charge in [0.15, 0.2) is 0 Å². The molecule has 1 amide bonds. The molecule has 4 aromatic rings. The van der Waals surface area contributed by atoms with Gasteiger partial charge < -0.3 is 9.64 Å². The van der Waals surface area contributed by atoms with E-state index in [-0.39, 0.29) is 28.4 Å². The second-order valence-electron chi connectivity index (χ2n) is 9.24. The van der Waals surface area contributed by atoms with E-state index in [9.17, 15) is 14.4 Å². The summed E-state index contributed by atoms with van der Waals surface area (Å²) >= 11 is 6.41. The first-order valence-corrected chi connectivity index (χ1v) is 12.7. The van der Waals surface area contributed by atoms with Crippen molar-refractivity contribution in [3.8, 4) is 0 Å². The maximum absolute atomic E-state index is 14.2. The molecule has 0 saturated heterocycles. The molecular formula is C29H23ClN4O4. The number of halogens is 1. The number of esters is 1. The number of carbonyl (C=O) groups excluding carboxylic acids is 2. The van der Waals surface area contributed by atoms with Gasteiger partial charge in [0.05, 0.1) is 33.9 Å². The highest BCUT2D eigenvalue weighted by atomic mass is 35.5. The molecule has 0 N–H and O–H groups in total. The van der Waals surface area contributed by atoms with E-state index in [0.717, 1.165) is 32.5 Å². The van der Waals surface area contributed by atoms with Gasteiger partial charge in [0, 0.05) is 17.7 Å². The third-order valence-electron chi connectivity index (χ3n) is 6.83. The quantitative estimate of drug-likeness (QED) is 0.366. The molecule has 2 aliphatic rings. The molecule has 6 rings (SSSR count). The second-order valence-corrected chi connectivity index (χ2v) is 9.65. The molecule has 3 aromatic carbocycles. The van der Waals surface area contributed by atoms with Gasteiger partial charge in [-0.2, -0.15) is 0 Å². The van der Waals surface area contributed by atoms with Crippen molar-refractivity contribution in [2.75, 3.05) is 18.1 Å². The van der Waals surface area contributed by atoms with Crippen molar-refractivity contribution in [3.05, 3.63) is 104 Å². The van der Waals surface area contributed by atoms with E-state index in [2.05, 4.69) is 11.1 Å². The smallest absolute Gasteiger partial charge is 0.374 e. The summed E-state index contributed by atoms with van der Waals surface area (Å²) in [5, 5.41) is 0.269. The number of anilines is 1. The molecule has 9 heteroatoms. The van der Waals surface area contributed by atoms with Crippen molar-refractivity contribution in [1.29, 1.82) is 0 Å². The van der Waals surface area contributed by atoms with E-state index in [4.69, 9.17) is 21.3 Å². The van der Waals surface area contributed by atoms with Crippen LogP contribution in [0, 0.1) is 6.92 Å². The Hall–Kier alpha value is -4.30. The number of ether oxygens (including phenoxy) is 1. The molecule has 0 fully saturated rings. The number of carbonyl (C=O) groups is 2. The predicted molar refractivity (Wildman–Crippen MR) is 145 cm³/mol. The van der Waals surface area contributed by atoms with Crippen LogP contribution in [-0.2, 0) is 16.0 Å². The van der Waals surface area contributed by atoms with Crippen molar-refractivity contribution in [2.24, 2.45) is 4.99 Å². The third-order valence-corrected chi connectivity index (χ3v) is 7.14. The number of amides is 1. The number of aliphatic imine (C=N–C) groups is 1. The van der Waals surface area contributed by atoms with Crippen LogP contribution < -0.4 is 10.5 Å². The zero-order chi connectivity index (χ0) is 26.6. The lowest BCUT2D eigenvalue weighted by Gasteiger charge is -2.23. The molecular weight excluding hydrogens is 504 g/mol. The van der Waals surface area contributed by atoms with E-state index in [1.165, 1.54) is 0 Å². The summed E-state index contributed by atoms with van der Waals surface area (Å²) in [6.45, 7) is 4.17. The Morgan fingerprint density at radius 1 is 1.11 bits per heavy atom. The highest BCUT2D eigenvalue weighted by Gasteiger charge is 2.40. The minimum Gasteiger partial charge on any atom is -0.460 e. The Morgan fingerprint density at radius 3 is 2.66 bits per heavy atom. The standard InChI is InChI=1S/C29H23ClN4O4/c1-3-38-29(37)26-31-21-11-7-10-20(30)22(21)27(35)34(26)25-28(36)33-13-12-18-14-16(2)15-19(24(18)33)23(32-25)17-8-5-4-6-9-17/h4-11,14-15,25H,3,12-13H2,1-2H3. The second kappa shape index (κ2) is 9.22. The number of fused-ring (bicyclic) bond motifs is 1. The largest absolute Gasteiger partial charge is 0.460 e. The number of hydrogen-bond donors (Lipinski definition) is 0. The third kappa shape index (κ3) is 3.71. The zero-order valence-electron chi connectivity index (χ0n) is 20.8. The Balaban J connectivity index is 1.70. The lowest BCUT2D eigenvalue weighted by molar-refractivity contribution is -0.121. The Bertz CT molecular complexity index is 1730. The molecule has 1 aromatic heterocycles. The average molecular weight is 527 g/mol. The molecule has 0 aliphatic carbocycles. The zero-order valence-corrected chi connectivity index (χ0v) is 21.5. The maximum Gasteiger partial charge on any atom is 0.374 e. The molecule has 8 nitrogen and oxygen atoms in total. The Kier molecular flexibility index (Phi) is 5.84. The van der Waals surface area contributed by atoms with E-state index in [0.29, 0.717) is 18.7 Å². The minimum atomic E-state index is -1.40. The van der Waals surface area contributed by atoms with Crippen LogP contribution in [0.5, 0.6) is 0 Å². The molecule has 0 saturated carbocycles. The predicted octanol–water partition coefficient (Wildman–Crippen LogP) is 4.47. The Labute approximate surface area is 223 Å². The summed E-state index contributed by atoms with van der Waals surface area (Å²) in [5.74, 6) is -1.56. The molecule has 3 heterocycles. The highest BCUT2D eigenvalue weighted by Crippen LogP contribution is 2.39. The topological polar surface area (TPSA) is 93.9 Å². The lowest BCUT2D eigenvalue weighted by atomic mass is 9.96. The molecule has 0 radical (unpaired) electrons. The average Bonchev–Trinajstić information content (AvgIpc) is 3.28. The van der Waals surface area contributed by atoms with E-state index in [1.54, 1.807) is 30.0 Å². The molecule has 1 atom stereocenters. The first kappa shape index (κ1) is 24.1. The van der Waals surface area contributed by atoms with Gasteiger partial charge >= 0.3 is 5.97 Å². The van der Waals surface area contributed by atoms with Crippen LogP contribution in [-0.4, -0.2) is 40.3 Å². The SMILES string of the molecule is CCOC(=O)c1nc2cccc(Cl)c2c(=O)n1C1N=C(c2ccccc2)c2cc(C)cc3c2N(CC3)C1=O. The summed E-state index contributed by atoms with van der Waals surface area (Å²) in [6, 6.07) is 18.4. The van der Waals surface area contributed by atoms with Crippen molar-refractivity contribution < 1.29 is 14.3 Å². The van der Waals surface area contributed by atoms with Crippen molar-refractivity contribution in [3.63, 3.8) is 0 Å². The van der Waals surface area contributed by atoms with Crippen molar-refractivity contribution >= 4 is 45.8 Å². The van der Waals surface area contributed by atoms with Crippen LogP contribution in [0.2, 0.25) is 5.02 Å². The van der Waals surface area contributed by atoms with Gasteiger partial charge in [-0.25, -0.2) is 14.8 Å². The fourth-order valence-electron chi connectivity index (χ4n) is 5.26. The molecule has 38 heavy (non-hydrogen) atoms. The number of nitrogens with zero attached hydrogens (tertiary/aromatic N) is 4. The number of aryl methyl sites for hydroxylation is 1. The number of aromatic nitrogens is 2. The van der Waals surface area contributed by atoms with Crippen LogP contribution in [0.1, 0.15) is 46.0 Å². The summed E-state index contributed by atoms with van der Waals surface area (Å²) < 4.78 is 6.28. The van der Waals surface area contributed by atoms with Crippen LogP contribution in [0.15, 0.2) is 70.5 Å². The first-order chi connectivity index (χ1) is 18.4. The lowest BCUT2D eigenvalue weighted by Crippen LogP contribution is -2.41. The summed E-state index contributed by atoms with van der Waals surface area (Å²) in [4.78, 5) is 52.3. The first-order valence-electron chi connectivity index (χ1n) is 12.4. The molecule has 0 spiro atoms. The summed E-state index contributed by atoms with van der Waals surface area (Å²) in [6.07, 6.45) is -0.727. The number of hydrogen-bond acceptors (Lipinski definition) is 6. The van der Waals surface area contributed by atoms with Gasteiger partial charge in [-0.3, -0.25) is 14.2 Å².